The number of piperazine rings is 1. The van der Waals surface area contributed by atoms with Crippen molar-refractivity contribution >= 4 is 5.96 Å². The van der Waals surface area contributed by atoms with Crippen LogP contribution < -0.4 is 16.8 Å². The number of aryl methyl sites for hydroxylation is 2. The Bertz CT molecular complexity index is 641. The second-order valence-corrected chi connectivity index (χ2v) is 6.51. The van der Waals surface area contributed by atoms with E-state index in [1.165, 1.54) is 0 Å². The van der Waals surface area contributed by atoms with Crippen LogP contribution in [0.15, 0.2) is 23.0 Å². The van der Waals surface area contributed by atoms with E-state index < -0.39 is 5.66 Å². The van der Waals surface area contributed by atoms with Crippen molar-refractivity contribution in [3.05, 3.63) is 29.4 Å². The molecule has 1 aromatic heterocycles. The maximum atomic E-state index is 6.70. The minimum atomic E-state index is -1.06. The fourth-order valence-electron chi connectivity index (χ4n) is 3.07. The van der Waals surface area contributed by atoms with E-state index in [1.54, 1.807) is 0 Å². The highest BCUT2D eigenvalue weighted by Gasteiger charge is 2.41. The minimum absolute atomic E-state index is 0.307. The van der Waals surface area contributed by atoms with Gasteiger partial charge in [0.15, 0.2) is 11.6 Å². The summed E-state index contributed by atoms with van der Waals surface area (Å²) in [6.45, 7) is 6.98. The highest BCUT2D eigenvalue weighted by molar-refractivity contribution is 5.81. The molecule has 23 heavy (non-hydrogen) atoms. The molecule has 2 aliphatic heterocycles. The summed E-state index contributed by atoms with van der Waals surface area (Å²) in [6.07, 6.45) is 1.87. The monoisotopic (exact) mass is 318 g/mol. The van der Waals surface area contributed by atoms with E-state index in [9.17, 15) is 0 Å². The fourth-order valence-corrected chi connectivity index (χ4v) is 3.07. The van der Waals surface area contributed by atoms with Crippen molar-refractivity contribution in [3.63, 3.8) is 0 Å². The van der Waals surface area contributed by atoms with Crippen LogP contribution >= 0.6 is 0 Å². The molecule has 0 amide bonds. The first kappa shape index (κ1) is 15.8. The van der Waals surface area contributed by atoms with Crippen molar-refractivity contribution in [1.82, 2.24) is 24.9 Å². The van der Waals surface area contributed by atoms with Crippen LogP contribution in [0.25, 0.3) is 0 Å². The van der Waals surface area contributed by atoms with Gasteiger partial charge in [-0.05, 0) is 27.0 Å². The molecule has 0 bridgehead atoms. The SMILES string of the molecule is Cc1cc(C2(N)N=C(N)NC=C2N2CCN(C)C(C)C2)nn1C. The maximum Gasteiger partial charge on any atom is 0.198 e. The first-order valence-corrected chi connectivity index (χ1v) is 7.89. The molecule has 1 saturated heterocycles. The molecule has 5 N–H and O–H groups in total. The van der Waals surface area contributed by atoms with Gasteiger partial charge in [0.05, 0.1) is 5.70 Å². The Kier molecular flexibility index (Phi) is 3.81. The zero-order valence-corrected chi connectivity index (χ0v) is 14.2. The summed E-state index contributed by atoms with van der Waals surface area (Å²) in [6, 6.07) is 2.41. The predicted molar refractivity (Wildman–Crippen MR) is 90.3 cm³/mol. The van der Waals surface area contributed by atoms with Crippen LogP contribution in [0.3, 0.4) is 0 Å². The number of aliphatic imine (C=N–C) groups is 1. The van der Waals surface area contributed by atoms with Crippen molar-refractivity contribution in [2.45, 2.75) is 25.6 Å². The largest absolute Gasteiger partial charge is 0.370 e. The fraction of sp³-hybridized carbons (Fsp3) is 0.600. The first-order valence-electron chi connectivity index (χ1n) is 7.89. The number of nitrogens with two attached hydrogens (primary N) is 2. The number of hydrogen-bond donors (Lipinski definition) is 3. The van der Waals surface area contributed by atoms with Crippen LogP contribution in [0, 0.1) is 6.92 Å². The Morgan fingerprint density at radius 2 is 2.09 bits per heavy atom. The van der Waals surface area contributed by atoms with Gasteiger partial charge >= 0.3 is 0 Å². The van der Waals surface area contributed by atoms with Gasteiger partial charge in [0, 0.05) is 44.6 Å². The third kappa shape index (κ3) is 2.68. The minimum Gasteiger partial charge on any atom is -0.370 e. The zero-order valence-electron chi connectivity index (χ0n) is 14.2. The summed E-state index contributed by atoms with van der Waals surface area (Å²) < 4.78 is 1.81. The Labute approximate surface area is 136 Å². The van der Waals surface area contributed by atoms with E-state index in [1.807, 2.05) is 30.9 Å². The molecule has 0 aromatic carbocycles. The average molecular weight is 318 g/mol. The molecule has 1 aromatic rings. The average Bonchev–Trinajstić information content (AvgIpc) is 2.83. The Morgan fingerprint density at radius 3 is 2.70 bits per heavy atom. The summed E-state index contributed by atoms with van der Waals surface area (Å²) in [5.41, 5.74) is 14.2. The normalized spacial score (nSPS) is 29.1. The molecule has 3 rings (SSSR count). The van der Waals surface area contributed by atoms with Gasteiger partial charge in [-0.1, -0.05) is 0 Å². The Morgan fingerprint density at radius 1 is 1.35 bits per heavy atom. The molecule has 3 heterocycles. The number of guanidine groups is 1. The van der Waals surface area contributed by atoms with E-state index in [4.69, 9.17) is 11.5 Å². The van der Waals surface area contributed by atoms with Crippen LogP contribution in [0.5, 0.6) is 0 Å². The molecule has 126 valence electrons. The number of likely N-dealkylation sites (N-methyl/N-ethyl adjacent to an activating group) is 1. The predicted octanol–water partition coefficient (Wildman–Crippen LogP) is -0.765. The molecular formula is C15H26N8. The van der Waals surface area contributed by atoms with Crippen LogP contribution in [-0.2, 0) is 12.7 Å². The van der Waals surface area contributed by atoms with Crippen LogP contribution in [-0.4, -0.2) is 58.3 Å². The topological polar surface area (TPSA) is 101 Å². The molecule has 1 fully saturated rings. The van der Waals surface area contributed by atoms with E-state index in [0.717, 1.165) is 31.0 Å². The second kappa shape index (κ2) is 5.54. The quantitative estimate of drug-likeness (QED) is 0.662. The summed E-state index contributed by atoms with van der Waals surface area (Å²) >= 11 is 0. The van der Waals surface area contributed by atoms with Crippen molar-refractivity contribution in [2.75, 3.05) is 26.7 Å². The molecule has 0 saturated carbocycles. The van der Waals surface area contributed by atoms with Gasteiger partial charge in [0.2, 0.25) is 0 Å². The lowest BCUT2D eigenvalue weighted by Crippen LogP contribution is -2.56. The Balaban J connectivity index is 1.98. The highest BCUT2D eigenvalue weighted by Crippen LogP contribution is 2.32. The molecule has 2 unspecified atom stereocenters. The molecule has 2 atom stereocenters. The van der Waals surface area contributed by atoms with Gasteiger partial charge in [-0.2, -0.15) is 5.10 Å². The summed E-state index contributed by atoms with van der Waals surface area (Å²) in [4.78, 5) is 9.12. The smallest absolute Gasteiger partial charge is 0.198 e. The van der Waals surface area contributed by atoms with E-state index in [-0.39, 0.29) is 0 Å². The maximum absolute atomic E-state index is 6.70. The lowest BCUT2D eigenvalue weighted by molar-refractivity contribution is 0.116. The van der Waals surface area contributed by atoms with Gasteiger partial charge in [-0.3, -0.25) is 10.4 Å². The number of aromatic nitrogens is 2. The number of rotatable bonds is 2. The molecular weight excluding hydrogens is 292 g/mol. The second-order valence-electron chi connectivity index (χ2n) is 6.51. The van der Waals surface area contributed by atoms with Gasteiger partial charge in [0.25, 0.3) is 0 Å². The van der Waals surface area contributed by atoms with E-state index >= 15 is 0 Å². The molecule has 0 spiro atoms. The summed E-state index contributed by atoms with van der Waals surface area (Å²) in [5.74, 6) is 0.307. The zero-order chi connectivity index (χ0) is 16.8. The lowest BCUT2D eigenvalue weighted by atomic mass is 9.99. The van der Waals surface area contributed by atoms with Crippen LogP contribution in [0.4, 0.5) is 0 Å². The molecule has 8 heteroatoms. The van der Waals surface area contributed by atoms with E-state index in [2.05, 4.69) is 39.2 Å². The number of hydrogen-bond acceptors (Lipinski definition) is 7. The van der Waals surface area contributed by atoms with Crippen molar-refractivity contribution in [3.8, 4) is 0 Å². The Hall–Kier alpha value is -2.06. The third-order valence-corrected chi connectivity index (χ3v) is 4.85. The standard InChI is InChI=1S/C15H26N8/c1-10-7-12(20-22(10)4)15(17)13(8-18-14(16)19-15)23-6-5-21(3)11(2)9-23/h7-8,11H,5-6,9,17H2,1-4H3,(H3,16,18,19). The van der Waals surface area contributed by atoms with Crippen molar-refractivity contribution < 1.29 is 0 Å². The number of nitrogens with zero attached hydrogens (tertiary/aromatic N) is 5. The van der Waals surface area contributed by atoms with Gasteiger partial charge in [0.1, 0.15) is 5.69 Å². The molecule has 0 radical (unpaired) electrons. The first-order chi connectivity index (χ1) is 10.8. The summed E-state index contributed by atoms with van der Waals surface area (Å²) in [5, 5.41) is 7.54. The third-order valence-electron chi connectivity index (χ3n) is 4.85. The van der Waals surface area contributed by atoms with Crippen LogP contribution in [0.2, 0.25) is 0 Å². The molecule has 2 aliphatic rings. The van der Waals surface area contributed by atoms with Gasteiger partial charge in [-0.15, -0.1) is 0 Å². The van der Waals surface area contributed by atoms with Gasteiger partial charge in [-0.25, -0.2) is 4.99 Å². The highest BCUT2D eigenvalue weighted by atomic mass is 15.4. The van der Waals surface area contributed by atoms with E-state index in [0.29, 0.717) is 17.7 Å². The number of nitrogens with one attached hydrogen (secondary N) is 1. The lowest BCUT2D eigenvalue weighted by Gasteiger charge is -2.44. The van der Waals surface area contributed by atoms with Crippen molar-refractivity contribution in [2.24, 2.45) is 23.5 Å². The van der Waals surface area contributed by atoms with Gasteiger partial charge < -0.3 is 20.9 Å². The molecule has 0 aliphatic carbocycles. The van der Waals surface area contributed by atoms with Crippen LogP contribution in [0.1, 0.15) is 18.3 Å². The molecule has 8 nitrogen and oxygen atoms in total. The van der Waals surface area contributed by atoms with Crippen molar-refractivity contribution in [1.29, 1.82) is 0 Å². The summed E-state index contributed by atoms with van der Waals surface area (Å²) in [7, 11) is 4.04.